The fraction of sp³-hybridized carbons (Fsp3) is 0.600. The molecular formula is C10H15Cl2N3. The van der Waals surface area contributed by atoms with Crippen molar-refractivity contribution in [2.75, 3.05) is 18.5 Å². The molecule has 0 aliphatic carbocycles. The third kappa shape index (κ3) is 3.50. The van der Waals surface area contributed by atoms with E-state index < -0.39 is 0 Å². The number of rotatable bonds is 4. The van der Waals surface area contributed by atoms with Crippen LogP contribution in [0.25, 0.3) is 0 Å². The third-order valence-electron chi connectivity index (χ3n) is 2.34. The maximum Gasteiger partial charge on any atom is 0.224 e. The monoisotopic (exact) mass is 247 g/mol. The van der Waals surface area contributed by atoms with Gasteiger partial charge < -0.3 is 4.90 Å². The lowest BCUT2D eigenvalue weighted by molar-refractivity contribution is 0.557. The summed E-state index contributed by atoms with van der Waals surface area (Å²) < 4.78 is 0. The fourth-order valence-corrected chi connectivity index (χ4v) is 1.65. The summed E-state index contributed by atoms with van der Waals surface area (Å²) in [5.74, 6) is 1.29. The predicted molar refractivity (Wildman–Crippen MR) is 64.8 cm³/mol. The first-order valence-electron chi connectivity index (χ1n) is 4.93. The molecule has 15 heavy (non-hydrogen) atoms. The molecule has 0 fully saturated rings. The van der Waals surface area contributed by atoms with E-state index in [-0.39, 0.29) is 5.28 Å². The molecule has 1 heterocycles. The smallest absolute Gasteiger partial charge is 0.224 e. The molecule has 0 aliphatic rings. The van der Waals surface area contributed by atoms with E-state index in [1.54, 1.807) is 0 Å². The van der Waals surface area contributed by atoms with Crippen molar-refractivity contribution >= 4 is 29.0 Å². The van der Waals surface area contributed by atoms with Crippen LogP contribution in [0.2, 0.25) is 10.3 Å². The minimum atomic E-state index is 0.227. The minimum Gasteiger partial charge on any atom is -0.358 e. The molecule has 1 aromatic rings. The zero-order valence-electron chi connectivity index (χ0n) is 9.17. The second kappa shape index (κ2) is 5.52. The van der Waals surface area contributed by atoms with Gasteiger partial charge in [-0.2, -0.15) is 4.98 Å². The lowest BCUT2D eigenvalue weighted by Gasteiger charge is -2.22. The van der Waals surface area contributed by atoms with Crippen LogP contribution in [0.3, 0.4) is 0 Å². The third-order valence-corrected chi connectivity index (χ3v) is 2.79. The van der Waals surface area contributed by atoms with Crippen LogP contribution in [0.4, 0.5) is 5.82 Å². The Morgan fingerprint density at radius 2 is 2.13 bits per heavy atom. The van der Waals surface area contributed by atoms with E-state index in [0.717, 1.165) is 13.0 Å². The highest BCUT2D eigenvalue weighted by atomic mass is 35.5. The Labute approximate surface area is 100 Å². The molecule has 3 nitrogen and oxygen atoms in total. The standard InChI is InChI=1S/C10H15Cl2N3/c1-4-7(2)6-15(3)9-8(11)5-13-10(12)14-9/h5,7H,4,6H2,1-3H3. The maximum absolute atomic E-state index is 5.99. The van der Waals surface area contributed by atoms with Gasteiger partial charge in [-0.3, -0.25) is 0 Å². The molecular weight excluding hydrogens is 233 g/mol. The van der Waals surface area contributed by atoms with Crippen LogP contribution in [0.15, 0.2) is 6.20 Å². The number of anilines is 1. The molecule has 1 rings (SSSR count). The molecule has 0 bridgehead atoms. The van der Waals surface area contributed by atoms with Crippen molar-refractivity contribution in [2.45, 2.75) is 20.3 Å². The van der Waals surface area contributed by atoms with Gasteiger partial charge in [0.25, 0.3) is 0 Å². The van der Waals surface area contributed by atoms with Gasteiger partial charge in [-0.1, -0.05) is 31.9 Å². The van der Waals surface area contributed by atoms with E-state index in [0.29, 0.717) is 16.8 Å². The van der Waals surface area contributed by atoms with E-state index >= 15 is 0 Å². The highest BCUT2D eigenvalue weighted by molar-refractivity contribution is 6.33. The van der Waals surface area contributed by atoms with Crippen LogP contribution >= 0.6 is 23.2 Å². The Morgan fingerprint density at radius 1 is 1.47 bits per heavy atom. The summed E-state index contributed by atoms with van der Waals surface area (Å²) >= 11 is 11.7. The first kappa shape index (κ1) is 12.5. The van der Waals surface area contributed by atoms with Gasteiger partial charge in [0, 0.05) is 13.6 Å². The minimum absolute atomic E-state index is 0.227. The van der Waals surface area contributed by atoms with Crippen LogP contribution in [0.5, 0.6) is 0 Å². The Morgan fingerprint density at radius 3 is 2.73 bits per heavy atom. The van der Waals surface area contributed by atoms with Gasteiger partial charge in [-0.25, -0.2) is 4.98 Å². The predicted octanol–water partition coefficient (Wildman–Crippen LogP) is 3.27. The van der Waals surface area contributed by atoms with E-state index in [1.807, 2.05) is 11.9 Å². The van der Waals surface area contributed by atoms with E-state index in [1.165, 1.54) is 6.20 Å². The second-order valence-corrected chi connectivity index (χ2v) is 4.45. The molecule has 0 aromatic carbocycles. The summed E-state index contributed by atoms with van der Waals surface area (Å²) in [6, 6.07) is 0. The highest BCUT2D eigenvalue weighted by Crippen LogP contribution is 2.23. The Bertz CT molecular complexity index is 330. The molecule has 0 saturated heterocycles. The average molecular weight is 248 g/mol. The van der Waals surface area contributed by atoms with Crippen molar-refractivity contribution in [3.8, 4) is 0 Å². The number of halogens is 2. The zero-order valence-corrected chi connectivity index (χ0v) is 10.7. The van der Waals surface area contributed by atoms with Crippen molar-refractivity contribution < 1.29 is 0 Å². The van der Waals surface area contributed by atoms with Gasteiger partial charge in [-0.15, -0.1) is 0 Å². The van der Waals surface area contributed by atoms with Gasteiger partial charge in [-0.05, 0) is 17.5 Å². The van der Waals surface area contributed by atoms with E-state index in [2.05, 4.69) is 23.8 Å². The van der Waals surface area contributed by atoms with Gasteiger partial charge >= 0.3 is 0 Å². The van der Waals surface area contributed by atoms with Gasteiger partial charge in [0.05, 0.1) is 6.20 Å². The molecule has 0 radical (unpaired) electrons. The number of nitrogens with zero attached hydrogens (tertiary/aromatic N) is 3. The van der Waals surface area contributed by atoms with Crippen molar-refractivity contribution in [2.24, 2.45) is 5.92 Å². The Kier molecular flexibility index (Phi) is 4.61. The van der Waals surface area contributed by atoms with Crippen LogP contribution in [-0.2, 0) is 0 Å². The largest absolute Gasteiger partial charge is 0.358 e. The molecule has 0 saturated carbocycles. The number of hydrogen-bond donors (Lipinski definition) is 0. The first-order chi connectivity index (χ1) is 7.04. The molecule has 1 unspecified atom stereocenters. The van der Waals surface area contributed by atoms with Crippen molar-refractivity contribution in [3.63, 3.8) is 0 Å². The second-order valence-electron chi connectivity index (χ2n) is 3.70. The van der Waals surface area contributed by atoms with Gasteiger partial charge in [0.2, 0.25) is 5.28 Å². The van der Waals surface area contributed by atoms with Crippen LogP contribution in [0, 0.1) is 5.92 Å². The molecule has 1 atom stereocenters. The lowest BCUT2D eigenvalue weighted by atomic mass is 10.1. The zero-order chi connectivity index (χ0) is 11.4. The van der Waals surface area contributed by atoms with Crippen molar-refractivity contribution in [1.29, 1.82) is 0 Å². The summed E-state index contributed by atoms with van der Waals surface area (Å²) in [6.45, 7) is 5.25. The molecule has 0 spiro atoms. The van der Waals surface area contributed by atoms with E-state index in [4.69, 9.17) is 23.2 Å². The Balaban J connectivity index is 2.80. The SMILES string of the molecule is CCC(C)CN(C)c1nc(Cl)ncc1Cl. The lowest BCUT2D eigenvalue weighted by Crippen LogP contribution is -2.25. The van der Waals surface area contributed by atoms with Crippen molar-refractivity contribution in [1.82, 2.24) is 9.97 Å². The van der Waals surface area contributed by atoms with Crippen molar-refractivity contribution in [3.05, 3.63) is 16.5 Å². The van der Waals surface area contributed by atoms with Crippen LogP contribution in [-0.4, -0.2) is 23.6 Å². The van der Waals surface area contributed by atoms with Crippen LogP contribution in [0.1, 0.15) is 20.3 Å². The highest BCUT2D eigenvalue weighted by Gasteiger charge is 2.11. The maximum atomic E-state index is 5.99. The normalized spacial score (nSPS) is 12.6. The molecule has 84 valence electrons. The summed E-state index contributed by atoms with van der Waals surface area (Å²) in [6.07, 6.45) is 2.65. The van der Waals surface area contributed by atoms with E-state index in [9.17, 15) is 0 Å². The first-order valence-corrected chi connectivity index (χ1v) is 5.69. The molecule has 5 heteroatoms. The number of hydrogen-bond acceptors (Lipinski definition) is 3. The number of aromatic nitrogens is 2. The van der Waals surface area contributed by atoms with Crippen LogP contribution < -0.4 is 4.90 Å². The summed E-state index contributed by atoms with van der Waals surface area (Å²) in [4.78, 5) is 9.93. The molecule has 0 amide bonds. The molecule has 0 N–H and O–H groups in total. The van der Waals surface area contributed by atoms with Gasteiger partial charge in [0.1, 0.15) is 5.02 Å². The van der Waals surface area contributed by atoms with Gasteiger partial charge in [0.15, 0.2) is 5.82 Å². The molecule has 1 aromatic heterocycles. The summed E-state index contributed by atoms with van der Waals surface area (Å²) in [5.41, 5.74) is 0. The summed E-state index contributed by atoms with van der Waals surface area (Å²) in [5, 5.41) is 0.760. The molecule has 0 aliphatic heterocycles. The quantitative estimate of drug-likeness (QED) is 0.766. The topological polar surface area (TPSA) is 29.0 Å². The average Bonchev–Trinajstić information content (AvgIpc) is 2.21. The fourth-order valence-electron chi connectivity index (χ4n) is 1.29. The summed E-state index contributed by atoms with van der Waals surface area (Å²) in [7, 11) is 1.96. The Hall–Kier alpha value is -0.540.